The van der Waals surface area contributed by atoms with Crippen LogP contribution in [0.5, 0.6) is 0 Å². The number of nitrogens with zero attached hydrogens (tertiary/aromatic N) is 1. The van der Waals surface area contributed by atoms with Crippen molar-refractivity contribution < 1.29 is 4.58 Å². The van der Waals surface area contributed by atoms with E-state index in [-0.39, 0.29) is 0 Å². The molecule has 0 aromatic carbocycles. The van der Waals surface area contributed by atoms with E-state index in [0.717, 1.165) is 13.1 Å². The fourth-order valence-corrected chi connectivity index (χ4v) is 1.27. The van der Waals surface area contributed by atoms with Gasteiger partial charge in [-0.2, -0.15) is 0 Å². The molecule has 0 bridgehead atoms. The van der Waals surface area contributed by atoms with Crippen LogP contribution < -0.4 is 0 Å². The minimum absolute atomic E-state index is 0.366. The molecule has 1 heterocycles. The molecule has 0 amide bonds. The Morgan fingerprint density at radius 1 is 1.50 bits per heavy atom. The minimum atomic E-state index is 0.366. The monoisotopic (exact) mass is 138 g/mol. The SMILES string of the molecule is CC[N+]1=CC=CC(C)(C)C1. The maximum absolute atomic E-state index is 2.33. The summed E-state index contributed by atoms with van der Waals surface area (Å²) in [6.07, 6.45) is 6.57. The smallest absolute Gasteiger partial charge is 0.163 e. The molecule has 10 heavy (non-hydrogen) atoms. The maximum atomic E-state index is 2.33. The Morgan fingerprint density at radius 2 is 2.20 bits per heavy atom. The van der Waals surface area contributed by atoms with Gasteiger partial charge in [-0.05, 0) is 13.0 Å². The molecule has 1 aliphatic heterocycles. The van der Waals surface area contributed by atoms with Gasteiger partial charge in [0.15, 0.2) is 12.8 Å². The lowest BCUT2D eigenvalue weighted by Crippen LogP contribution is -2.29. The molecule has 0 saturated carbocycles. The lowest BCUT2D eigenvalue weighted by molar-refractivity contribution is -0.532. The first-order valence-corrected chi connectivity index (χ1v) is 3.91. The van der Waals surface area contributed by atoms with Crippen molar-refractivity contribution in [3.63, 3.8) is 0 Å². The van der Waals surface area contributed by atoms with Crippen LogP contribution in [-0.2, 0) is 0 Å². The van der Waals surface area contributed by atoms with Crippen molar-refractivity contribution in [3.05, 3.63) is 12.2 Å². The molecule has 56 valence electrons. The Labute approximate surface area is 63.1 Å². The molecule has 0 aromatic rings. The van der Waals surface area contributed by atoms with Gasteiger partial charge >= 0.3 is 0 Å². The van der Waals surface area contributed by atoms with Crippen molar-refractivity contribution in [2.24, 2.45) is 5.41 Å². The highest BCUT2D eigenvalue weighted by molar-refractivity contribution is 5.67. The first-order valence-electron chi connectivity index (χ1n) is 3.91. The molecule has 1 heteroatoms. The van der Waals surface area contributed by atoms with Gasteiger partial charge in [-0.1, -0.05) is 19.9 Å². The molecule has 0 radical (unpaired) electrons. The molecular weight excluding hydrogens is 122 g/mol. The standard InChI is InChI=1S/C9H16N/c1-4-10-7-5-6-9(2,3)8-10/h5-7H,4,8H2,1-3H3/q+1. The largest absolute Gasteiger partial charge is 0.235 e. The third kappa shape index (κ3) is 1.69. The summed E-state index contributed by atoms with van der Waals surface area (Å²) in [6, 6.07) is 0. The first kappa shape index (κ1) is 7.52. The van der Waals surface area contributed by atoms with E-state index in [1.54, 1.807) is 0 Å². The van der Waals surface area contributed by atoms with Gasteiger partial charge in [0.2, 0.25) is 0 Å². The van der Waals surface area contributed by atoms with Gasteiger partial charge in [-0.15, -0.1) is 0 Å². The Bertz CT molecular complexity index is 175. The molecule has 0 aliphatic carbocycles. The highest BCUT2D eigenvalue weighted by Gasteiger charge is 2.22. The number of hydrogen-bond donors (Lipinski definition) is 0. The van der Waals surface area contributed by atoms with Gasteiger partial charge in [-0.25, -0.2) is 4.58 Å². The molecule has 0 unspecified atom stereocenters. The van der Waals surface area contributed by atoms with Crippen LogP contribution in [0, 0.1) is 5.41 Å². The second-order valence-corrected chi connectivity index (χ2v) is 3.56. The number of allylic oxidation sites excluding steroid dienone is 1. The Balaban J connectivity index is 2.68. The third-order valence-electron chi connectivity index (χ3n) is 1.86. The zero-order valence-corrected chi connectivity index (χ0v) is 7.09. The van der Waals surface area contributed by atoms with Crippen molar-refractivity contribution in [3.8, 4) is 0 Å². The van der Waals surface area contributed by atoms with E-state index in [0.29, 0.717) is 5.41 Å². The molecule has 0 spiro atoms. The van der Waals surface area contributed by atoms with E-state index in [1.807, 2.05) is 0 Å². The summed E-state index contributed by atoms with van der Waals surface area (Å²) in [7, 11) is 0. The van der Waals surface area contributed by atoms with Crippen molar-refractivity contribution >= 4 is 6.21 Å². The number of hydrogen-bond acceptors (Lipinski definition) is 0. The van der Waals surface area contributed by atoms with Gasteiger partial charge in [0.25, 0.3) is 0 Å². The van der Waals surface area contributed by atoms with Gasteiger partial charge in [0.1, 0.15) is 6.54 Å². The number of rotatable bonds is 1. The highest BCUT2D eigenvalue weighted by atomic mass is 15.0. The molecule has 0 N–H and O–H groups in total. The van der Waals surface area contributed by atoms with Gasteiger partial charge in [-0.3, -0.25) is 0 Å². The molecule has 1 aliphatic rings. The van der Waals surface area contributed by atoms with E-state index in [2.05, 4.69) is 43.7 Å². The molecule has 1 nitrogen and oxygen atoms in total. The Hall–Kier alpha value is -0.590. The molecule has 0 saturated heterocycles. The van der Waals surface area contributed by atoms with E-state index < -0.39 is 0 Å². The molecule has 0 atom stereocenters. The Morgan fingerprint density at radius 3 is 2.60 bits per heavy atom. The fraction of sp³-hybridized carbons (Fsp3) is 0.667. The lowest BCUT2D eigenvalue weighted by Gasteiger charge is -2.19. The Kier molecular flexibility index (Phi) is 1.93. The zero-order chi connectivity index (χ0) is 7.61. The third-order valence-corrected chi connectivity index (χ3v) is 1.86. The van der Waals surface area contributed by atoms with Crippen molar-refractivity contribution in [2.45, 2.75) is 20.8 Å². The second-order valence-electron chi connectivity index (χ2n) is 3.56. The summed E-state index contributed by atoms with van der Waals surface area (Å²) in [5, 5.41) is 0. The summed E-state index contributed by atoms with van der Waals surface area (Å²) >= 11 is 0. The average Bonchev–Trinajstić information content (AvgIpc) is 1.86. The maximum Gasteiger partial charge on any atom is 0.163 e. The van der Waals surface area contributed by atoms with Crippen LogP contribution in [0.25, 0.3) is 0 Å². The molecule has 0 fully saturated rings. The zero-order valence-electron chi connectivity index (χ0n) is 7.09. The average molecular weight is 138 g/mol. The van der Waals surface area contributed by atoms with E-state index >= 15 is 0 Å². The quantitative estimate of drug-likeness (QED) is 0.485. The summed E-state index contributed by atoms with van der Waals surface area (Å²) in [5.41, 5.74) is 0.366. The summed E-state index contributed by atoms with van der Waals surface area (Å²) in [5.74, 6) is 0. The van der Waals surface area contributed by atoms with Crippen LogP contribution >= 0.6 is 0 Å². The van der Waals surface area contributed by atoms with Crippen molar-refractivity contribution in [2.75, 3.05) is 13.1 Å². The summed E-state index contributed by atoms with van der Waals surface area (Å²) < 4.78 is 2.33. The summed E-state index contributed by atoms with van der Waals surface area (Å²) in [4.78, 5) is 0. The van der Waals surface area contributed by atoms with E-state index in [1.165, 1.54) is 0 Å². The minimum Gasteiger partial charge on any atom is -0.235 e. The van der Waals surface area contributed by atoms with Gasteiger partial charge in [0.05, 0.1) is 0 Å². The highest BCUT2D eigenvalue weighted by Crippen LogP contribution is 2.18. The molecule has 1 rings (SSSR count). The van der Waals surface area contributed by atoms with Crippen LogP contribution in [0.4, 0.5) is 0 Å². The van der Waals surface area contributed by atoms with E-state index in [9.17, 15) is 0 Å². The van der Waals surface area contributed by atoms with Gasteiger partial charge in [0, 0.05) is 5.41 Å². The van der Waals surface area contributed by atoms with Crippen LogP contribution in [0.3, 0.4) is 0 Å². The van der Waals surface area contributed by atoms with E-state index in [4.69, 9.17) is 0 Å². The predicted molar refractivity (Wildman–Crippen MR) is 44.7 cm³/mol. The molecular formula is C9H16N+. The topological polar surface area (TPSA) is 3.01 Å². The normalized spacial score (nSPS) is 22.5. The van der Waals surface area contributed by atoms with Crippen LogP contribution in [0.1, 0.15) is 20.8 Å². The van der Waals surface area contributed by atoms with Crippen LogP contribution in [0.2, 0.25) is 0 Å². The van der Waals surface area contributed by atoms with Crippen molar-refractivity contribution in [1.82, 2.24) is 0 Å². The van der Waals surface area contributed by atoms with Crippen molar-refractivity contribution in [1.29, 1.82) is 0 Å². The van der Waals surface area contributed by atoms with Crippen LogP contribution in [-0.4, -0.2) is 23.9 Å². The fourth-order valence-electron chi connectivity index (χ4n) is 1.27. The molecule has 0 aromatic heterocycles. The predicted octanol–water partition coefficient (Wildman–Crippen LogP) is 1.69. The van der Waals surface area contributed by atoms with Gasteiger partial charge < -0.3 is 0 Å². The lowest BCUT2D eigenvalue weighted by atomic mass is 9.91. The second kappa shape index (κ2) is 2.57. The first-order chi connectivity index (χ1) is 4.64. The summed E-state index contributed by atoms with van der Waals surface area (Å²) in [6.45, 7) is 8.98. The van der Waals surface area contributed by atoms with Crippen LogP contribution in [0.15, 0.2) is 12.2 Å².